The summed E-state index contributed by atoms with van der Waals surface area (Å²) in [7, 11) is 0. The van der Waals surface area contributed by atoms with Gasteiger partial charge in [0, 0.05) is 17.5 Å². The largest absolute Gasteiger partial charge is 0.484 e. The van der Waals surface area contributed by atoms with Gasteiger partial charge in [0.2, 0.25) is 0 Å². The molecule has 2 aromatic carbocycles. The Kier molecular flexibility index (Phi) is 6.51. The van der Waals surface area contributed by atoms with Gasteiger partial charge in [0.15, 0.2) is 6.61 Å². The molecule has 1 heterocycles. The van der Waals surface area contributed by atoms with E-state index in [1.807, 2.05) is 44.2 Å². The molecule has 0 spiro atoms. The van der Waals surface area contributed by atoms with Crippen LogP contribution in [0.5, 0.6) is 5.75 Å². The van der Waals surface area contributed by atoms with Crippen LogP contribution >= 0.6 is 0 Å². The van der Waals surface area contributed by atoms with Gasteiger partial charge >= 0.3 is 11.6 Å². The topological polar surface area (TPSA) is 106 Å². The average molecular weight is 409 g/mol. The molecule has 3 rings (SSSR count). The first-order valence-corrected chi connectivity index (χ1v) is 9.62. The highest BCUT2D eigenvalue weighted by Gasteiger charge is 2.21. The van der Waals surface area contributed by atoms with Crippen LogP contribution in [0.4, 0.5) is 0 Å². The third kappa shape index (κ3) is 5.26. The molecule has 30 heavy (non-hydrogen) atoms. The maximum absolute atomic E-state index is 12.1. The Hall–Kier alpha value is -3.61. The van der Waals surface area contributed by atoms with Gasteiger partial charge in [0.1, 0.15) is 17.4 Å². The smallest absolute Gasteiger partial charge is 0.336 e. The van der Waals surface area contributed by atoms with E-state index >= 15 is 0 Å². The van der Waals surface area contributed by atoms with E-state index in [1.54, 1.807) is 18.2 Å². The molecule has 1 atom stereocenters. The summed E-state index contributed by atoms with van der Waals surface area (Å²) in [6.45, 7) is 3.41. The molecular weight excluding hydrogens is 386 g/mol. The molecule has 1 aromatic heterocycles. The van der Waals surface area contributed by atoms with Gasteiger partial charge in [-0.15, -0.1) is 0 Å². The maximum Gasteiger partial charge on any atom is 0.336 e. The zero-order valence-corrected chi connectivity index (χ0v) is 16.8. The van der Waals surface area contributed by atoms with Crippen LogP contribution in [0.1, 0.15) is 20.3 Å². The maximum atomic E-state index is 12.1. The Morgan fingerprint density at radius 1 is 1.10 bits per heavy atom. The highest BCUT2D eigenvalue weighted by atomic mass is 16.5. The summed E-state index contributed by atoms with van der Waals surface area (Å²) in [6, 6.07) is 14.9. The third-order valence-corrected chi connectivity index (χ3v) is 4.51. The Morgan fingerprint density at radius 2 is 1.83 bits per heavy atom. The van der Waals surface area contributed by atoms with E-state index < -0.39 is 23.5 Å². The zero-order chi connectivity index (χ0) is 21.7. The molecular formula is C23H23NO6. The lowest BCUT2D eigenvalue weighted by Gasteiger charge is -2.16. The summed E-state index contributed by atoms with van der Waals surface area (Å²) in [5.41, 5.74) is 1.47. The molecule has 2 N–H and O–H groups in total. The number of ether oxygens (including phenoxy) is 1. The molecule has 0 aliphatic carbocycles. The van der Waals surface area contributed by atoms with E-state index in [9.17, 15) is 19.5 Å². The number of fused-ring (bicyclic) bond motifs is 1. The Morgan fingerprint density at radius 3 is 2.50 bits per heavy atom. The lowest BCUT2D eigenvalue weighted by molar-refractivity contribution is -0.142. The number of aliphatic carboxylic acids is 1. The molecule has 0 bridgehead atoms. The van der Waals surface area contributed by atoms with Crippen LogP contribution < -0.4 is 15.7 Å². The van der Waals surface area contributed by atoms with Crippen molar-refractivity contribution in [2.45, 2.75) is 26.3 Å². The van der Waals surface area contributed by atoms with Crippen molar-refractivity contribution in [1.29, 1.82) is 0 Å². The van der Waals surface area contributed by atoms with Gasteiger partial charge in [0.05, 0.1) is 0 Å². The molecule has 0 aliphatic heterocycles. The number of benzene rings is 2. The van der Waals surface area contributed by atoms with E-state index in [4.69, 9.17) is 9.15 Å². The number of carbonyl (C=O) groups is 2. The first kappa shape index (κ1) is 21.1. The second kappa shape index (κ2) is 9.26. The summed E-state index contributed by atoms with van der Waals surface area (Å²) in [6.07, 6.45) is 0.324. The van der Waals surface area contributed by atoms with Crippen molar-refractivity contribution < 1.29 is 23.8 Å². The highest BCUT2D eigenvalue weighted by molar-refractivity contribution is 5.93. The number of nitrogens with one attached hydrogen (secondary N) is 1. The van der Waals surface area contributed by atoms with E-state index in [2.05, 4.69) is 5.32 Å². The SMILES string of the molecule is CC(C)C[C@@H](NC(=O)COc1ccc2c(-c3ccccc3)cc(=O)oc2c1)C(=O)O. The summed E-state index contributed by atoms with van der Waals surface area (Å²) >= 11 is 0. The van der Waals surface area contributed by atoms with Crippen molar-refractivity contribution in [3.05, 3.63) is 65.0 Å². The average Bonchev–Trinajstić information content (AvgIpc) is 2.71. The van der Waals surface area contributed by atoms with Gasteiger partial charge in [-0.3, -0.25) is 4.79 Å². The van der Waals surface area contributed by atoms with Crippen molar-refractivity contribution in [2.24, 2.45) is 5.92 Å². The minimum atomic E-state index is -1.09. The standard InChI is InChI=1S/C23H23NO6/c1-14(2)10-19(23(27)28)24-21(25)13-29-16-8-9-17-18(15-6-4-3-5-7-15)12-22(26)30-20(17)11-16/h3-9,11-12,14,19H,10,13H2,1-2H3,(H,24,25)(H,27,28)/t19-/m1/s1. The van der Waals surface area contributed by atoms with E-state index in [0.717, 1.165) is 16.5 Å². The van der Waals surface area contributed by atoms with E-state index in [-0.39, 0.29) is 12.5 Å². The number of carbonyl (C=O) groups excluding carboxylic acids is 1. The van der Waals surface area contributed by atoms with Crippen molar-refractivity contribution in [3.8, 4) is 16.9 Å². The van der Waals surface area contributed by atoms with Crippen molar-refractivity contribution >= 4 is 22.8 Å². The molecule has 7 heteroatoms. The molecule has 1 amide bonds. The van der Waals surface area contributed by atoms with Crippen LogP contribution in [0, 0.1) is 5.92 Å². The van der Waals surface area contributed by atoms with Crippen LogP contribution in [0.3, 0.4) is 0 Å². The number of hydrogen-bond acceptors (Lipinski definition) is 5. The van der Waals surface area contributed by atoms with Crippen LogP contribution in [0.15, 0.2) is 63.8 Å². The number of rotatable bonds is 8. The highest BCUT2D eigenvalue weighted by Crippen LogP contribution is 2.29. The number of amides is 1. The molecule has 7 nitrogen and oxygen atoms in total. The minimum absolute atomic E-state index is 0.120. The fourth-order valence-corrected chi connectivity index (χ4v) is 3.17. The van der Waals surface area contributed by atoms with Crippen molar-refractivity contribution in [3.63, 3.8) is 0 Å². The third-order valence-electron chi connectivity index (χ3n) is 4.51. The number of hydrogen-bond donors (Lipinski definition) is 2. The fraction of sp³-hybridized carbons (Fsp3) is 0.261. The first-order valence-electron chi connectivity index (χ1n) is 9.62. The molecule has 0 fully saturated rings. The van der Waals surface area contributed by atoms with E-state index in [0.29, 0.717) is 17.8 Å². The molecule has 0 saturated heterocycles. The zero-order valence-electron chi connectivity index (χ0n) is 16.8. The predicted octanol–water partition coefficient (Wildman–Crippen LogP) is 3.45. The monoisotopic (exact) mass is 409 g/mol. The fourth-order valence-electron chi connectivity index (χ4n) is 3.17. The first-order chi connectivity index (χ1) is 14.3. The molecule has 0 aliphatic rings. The molecule has 0 unspecified atom stereocenters. The Bertz CT molecular complexity index is 1100. The Balaban J connectivity index is 1.76. The summed E-state index contributed by atoms with van der Waals surface area (Å²) in [4.78, 5) is 35.4. The second-order valence-electron chi connectivity index (χ2n) is 7.38. The van der Waals surface area contributed by atoms with Gasteiger partial charge in [0.25, 0.3) is 5.91 Å². The number of carboxylic acid groups (broad SMARTS) is 1. The minimum Gasteiger partial charge on any atom is -0.484 e. The molecule has 0 saturated carbocycles. The van der Waals surface area contributed by atoms with Crippen LogP contribution in [0.2, 0.25) is 0 Å². The van der Waals surface area contributed by atoms with Crippen molar-refractivity contribution in [1.82, 2.24) is 5.32 Å². The molecule has 156 valence electrons. The lowest BCUT2D eigenvalue weighted by Crippen LogP contribution is -2.43. The van der Waals surface area contributed by atoms with Crippen LogP contribution in [-0.2, 0) is 9.59 Å². The van der Waals surface area contributed by atoms with Gasteiger partial charge in [-0.1, -0.05) is 44.2 Å². The summed E-state index contributed by atoms with van der Waals surface area (Å²) < 4.78 is 10.8. The van der Waals surface area contributed by atoms with Crippen LogP contribution in [0.25, 0.3) is 22.1 Å². The predicted molar refractivity (Wildman–Crippen MR) is 112 cm³/mol. The second-order valence-corrected chi connectivity index (χ2v) is 7.38. The summed E-state index contributed by atoms with van der Waals surface area (Å²) in [5.74, 6) is -1.17. The van der Waals surface area contributed by atoms with Crippen molar-refractivity contribution in [2.75, 3.05) is 6.61 Å². The lowest BCUT2D eigenvalue weighted by atomic mass is 10.0. The van der Waals surface area contributed by atoms with Gasteiger partial charge in [-0.05, 0) is 35.6 Å². The normalized spacial score (nSPS) is 12.0. The quantitative estimate of drug-likeness (QED) is 0.552. The van der Waals surface area contributed by atoms with Crippen LogP contribution in [-0.4, -0.2) is 29.6 Å². The molecule has 3 aromatic rings. The summed E-state index contributed by atoms with van der Waals surface area (Å²) in [5, 5.41) is 12.4. The Labute approximate surface area is 173 Å². The molecule has 0 radical (unpaired) electrons. The van der Waals surface area contributed by atoms with Gasteiger partial charge in [-0.25, -0.2) is 9.59 Å². The van der Waals surface area contributed by atoms with Gasteiger partial charge in [-0.2, -0.15) is 0 Å². The van der Waals surface area contributed by atoms with E-state index in [1.165, 1.54) is 6.07 Å². The van der Waals surface area contributed by atoms with Gasteiger partial charge < -0.3 is 19.6 Å². The number of carboxylic acids is 1.